The summed E-state index contributed by atoms with van der Waals surface area (Å²) in [5, 5.41) is 2.30. The van der Waals surface area contributed by atoms with Gasteiger partial charge in [-0.2, -0.15) is 0 Å². The Balaban J connectivity index is 0.000000466. The summed E-state index contributed by atoms with van der Waals surface area (Å²) in [5.41, 5.74) is 4.57. The second kappa shape index (κ2) is 13.2. The van der Waals surface area contributed by atoms with E-state index in [-0.39, 0.29) is 18.4 Å². The Labute approximate surface area is 169 Å². The molecule has 1 saturated heterocycles. The zero-order chi connectivity index (χ0) is 21.7. The third-order valence-electron chi connectivity index (χ3n) is 4.96. The first kappa shape index (κ1) is 25.9. The molecular weight excluding hydrogens is 358 g/mol. The molecule has 3 aliphatic rings. The van der Waals surface area contributed by atoms with Gasteiger partial charge in [-0.1, -0.05) is 33.6 Å². The summed E-state index contributed by atoms with van der Waals surface area (Å²) in [5.74, 6) is 0.403. The standard InChI is InChI=1S/C9H13N3O3.C6H12O.C4H10.C2H2/c10-8(15)9-3-6(9)1-2-12(9)7(14)4-11-5-13;1-7-6-4-2-3-5-6;1-4(2)3;1-2/h5-6H,1-4H2,(H2,10,15)(H,11,13);6H,2-5H2,1H3;4H,1-3H3;1-2H. The van der Waals surface area contributed by atoms with Crippen molar-refractivity contribution in [3.8, 4) is 12.8 Å². The van der Waals surface area contributed by atoms with Gasteiger partial charge < -0.3 is 20.7 Å². The molecule has 3 N–H and O–H groups in total. The van der Waals surface area contributed by atoms with Gasteiger partial charge in [-0.25, -0.2) is 0 Å². The summed E-state index contributed by atoms with van der Waals surface area (Å²) in [6, 6.07) is 0. The number of hydrogen-bond donors (Lipinski definition) is 2. The molecule has 7 heteroatoms. The molecule has 3 fully saturated rings. The number of fused-ring (bicyclic) bond motifs is 1. The van der Waals surface area contributed by atoms with Gasteiger partial charge in [0.25, 0.3) is 0 Å². The van der Waals surface area contributed by atoms with Crippen LogP contribution in [0.5, 0.6) is 0 Å². The minimum atomic E-state index is -0.734. The number of ether oxygens (including phenoxy) is 1. The van der Waals surface area contributed by atoms with Gasteiger partial charge in [0, 0.05) is 13.7 Å². The van der Waals surface area contributed by atoms with Crippen LogP contribution in [0.25, 0.3) is 0 Å². The van der Waals surface area contributed by atoms with Crippen molar-refractivity contribution in [1.29, 1.82) is 0 Å². The molecule has 2 aliphatic carbocycles. The first-order valence-corrected chi connectivity index (χ1v) is 9.93. The Morgan fingerprint density at radius 3 is 2.14 bits per heavy atom. The Bertz CT molecular complexity index is 512. The van der Waals surface area contributed by atoms with Crippen LogP contribution in [0.4, 0.5) is 0 Å². The fraction of sp³-hybridized carbons (Fsp3) is 0.762. The Morgan fingerprint density at radius 1 is 1.25 bits per heavy atom. The lowest BCUT2D eigenvalue weighted by Crippen LogP contribution is -2.50. The number of methoxy groups -OCH3 is 1. The molecule has 0 aromatic rings. The van der Waals surface area contributed by atoms with Crippen LogP contribution in [0.3, 0.4) is 0 Å². The van der Waals surface area contributed by atoms with E-state index in [1.54, 1.807) is 7.11 Å². The number of nitrogens with one attached hydrogen (secondary N) is 1. The number of nitrogens with two attached hydrogens (primary N) is 1. The number of piperidine rings is 1. The molecule has 0 aromatic carbocycles. The molecule has 0 aromatic heterocycles. The van der Waals surface area contributed by atoms with Gasteiger partial charge in [0.05, 0.1) is 12.6 Å². The van der Waals surface area contributed by atoms with Gasteiger partial charge in [0.1, 0.15) is 5.54 Å². The summed E-state index contributed by atoms with van der Waals surface area (Å²) < 4.78 is 5.11. The van der Waals surface area contributed by atoms with Crippen molar-refractivity contribution in [2.45, 2.75) is 70.9 Å². The highest BCUT2D eigenvalue weighted by atomic mass is 16.5. The predicted octanol–water partition coefficient (Wildman–Crippen LogP) is 1.70. The number of amides is 3. The Kier molecular flexibility index (Phi) is 12.2. The van der Waals surface area contributed by atoms with Crippen molar-refractivity contribution < 1.29 is 19.1 Å². The molecule has 0 bridgehead atoms. The summed E-state index contributed by atoms with van der Waals surface area (Å²) in [7, 11) is 1.80. The van der Waals surface area contributed by atoms with Crippen LogP contribution in [-0.4, -0.2) is 55.0 Å². The monoisotopic (exact) mass is 395 g/mol. The molecule has 1 heterocycles. The highest BCUT2D eigenvalue weighted by molar-refractivity contribution is 5.95. The summed E-state index contributed by atoms with van der Waals surface area (Å²) in [6.45, 7) is 7.00. The van der Waals surface area contributed by atoms with Gasteiger partial charge >= 0.3 is 0 Å². The maximum absolute atomic E-state index is 11.6. The number of terminal acetylenes is 1. The van der Waals surface area contributed by atoms with Crippen LogP contribution in [0.1, 0.15) is 59.3 Å². The van der Waals surface area contributed by atoms with Gasteiger partial charge in [0.2, 0.25) is 18.2 Å². The molecule has 0 spiro atoms. The van der Waals surface area contributed by atoms with Crippen molar-refractivity contribution in [3.63, 3.8) is 0 Å². The van der Waals surface area contributed by atoms with Gasteiger partial charge in [-0.15, -0.1) is 12.8 Å². The molecule has 160 valence electrons. The first-order valence-electron chi connectivity index (χ1n) is 9.93. The second-order valence-corrected chi connectivity index (χ2v) is 7.90. The lowest BCUT2D eigenvalue weighted by Gasteiger charge is -2.25. The van der Waals surface area contributed by atoms with Gasteiger partial charge in [-0.05, 0) is 37.5 Å². The molecule has 0 radical (unpaired) electrons. The van der Waals surface area contributed by atoms with Crippen LogP contribution < -0.4 is 11.1 Å². The summed E-state index contributed by atoms with van der Waals surface area (Å²) in [4.78, 5) is 34.5. The van der Waals surface area contributed by atoms with E-state index in [4.69, 9.17) is 10.5 Å². The lowest BCUT2D eigenvalue weighted by molar-refractivity contribution is -0.139. The number of nitrogens with zero attached hydrogens (tertiary/aromatic N) is 1. The van der Waals surface area contributed by atoms with E-state index in [2.05, 4.69) is 38.9 Å². The van der Waals surface area contributed by atoms with Crippen LogP contribution in [0.2, 0.25) is 0 Å². The van der Waals surface area contributed by atoms with E-state index in [0.717, 1.165) is 12.3 Å². The van der Waals surface area contributed by atoms with Crippen molar-refractivity contribution in [2.75, 3.05) is 20.2 Å². The van der Waals surface area contributed by atoms with Crippen LogP contribution in [0.15, 0.2) is 0 Å². The highest BCUT2D eigenvalue weighted by Gasteiger charge is 2.67. The van der Waals surface area contributed by atoms with Crippen molar-refractivity contribution >= 4 is 18.2 Å². The van der Waals surface area contributed by atoms with E-state index in [9.17, 15) is 14.4 Å². The third-order valence-corrected chi connectivity index (χ3v) is 4.96. The van der Waals surface area contributed by atoms with Crippen LogP contribution in [-0.2, 0) is 19.1 Å². The highest BCUT2D eigenvalue weighted by Crippen LogP contribution is 2.55. The number of carbonyl (C=O) groups excluding carboxylic acids is 3. The molecule has 2 saturated carbocycles. The molecular formula is C21H37N3O4. The average molecular weight is 396 g/mol. The fourth-order valence-corrected chi connectivity index (χ4v) is 3.60. The number of carbonyl (C=O) groups is 3. The molecule has 2 atom stereocenters. The zero-order valence-corrected chi connectivity index (χ0v) is 17.8. The smallest absolute Gasteiger partial charge is 0.243 e. The zero-order valence-electron chi connectivity index (χ0n) is 17.8. The predicted molar refractivity (Wildman–Crippen MR) is 110 cm³/mol. The quantitative estimate of drug-likeness (QED) is 0.546. The van der Waals surface area contributed by atoms with E-state index in [1.807, 2.05) is 0 Å². The number of hydrogen-bond acceptors (Lipinski definition) is 4. The van der Waals surface area contributed by atoms with Crippen molar-refractivity contribution in [2.24, 2.45) is 17.6 Å². The number of rotatable bonds is 5. The minimum Gasteiger partial charge on any atom is -0.381 e. The molecule has 2 unspecified atom stereocenters. The average Bonchev–Trinajstić information content (AvgIpc) is 3.02. The van der Waals surface area contributed by atoms with E-state index < -0.39 is 11.4 Å². The Hall–Kier alpha value is -2.07. The fourth-order valence-electron chi connectivity index (χ4n) is 3.60. The van der Waals surface area contributed by atoms with Crippen LogP contribution >= 0.6 is 0 Å². The molecule has 3 amide bonds. The van der Waals surface area contributed by atoms with E-state index in [0.29, 0.717) is 25.5 Å². The maximum atomic E-state index is 11.6. The molecule has 1 aliphatic heterocycles. The largest absolute Gasteiger partial charge is 0.381 e. The normalized spacial score (nSPS) is 24.4. The third kappa shape index (κ3) is 7.51. The molecule has 3 rings (SSSR count). The topological polar surface area (TPSA) is 102 Å². The molecule has 28 heavy (non-hydrogen) atoms. The van der Waals surface area contributed by atoms with Crippen molar-refractivity contribution in [3.05, 3.63) is 0 Å². The van der Waals surface area contributed by atoms with Crippen LogP contribution in [0, 0.1) is 24.7 Å². The first-order chi connectivity index (χ1) is 13.3. The SMILES string of the molecule is C#C.CC(C)C.COC1CCCC1.NC(=O)C12CC1CCN2C(=O)CNC=O. The maximum Gasteiger partial charge on any atom is 0.243 e. The Morgan fingerprint density at radius 2 is 1.79 bits per heavy atom. The molecule has 7 nitrogen and oxygen atoms in total. The number of primary amides is 1. The minimum absolute atomic E-state index is 0.0642. The van der Waals surface area contributed by atoms with E-state index in [1.165, 1.54) is 30.6 Å². The van der Waals surface area contributed by atoms with Gasteiger partial charge in [0.15, 0.2) is 0 Å². The second-order valence-electron chi connectivity index (χ2n) is 7.90. The summed E-state index contributed by atoms with van der Waals surface area (Å²) in [6.07, 6.45) is 15.9. The van der Waals surface area contributed by atoms with Crippen molar-refractivity contribution in [1.82, 2.24) is 10.2 Å². The number of likely N-dealkylation sites (tertiary alicyclic amines) is 1. The lowest BCUT2D eigenvalue weighted by atomic mass is 10.2. The summed E-state index contributed by atoms with van der Waals surface area (Å²) >= 11 is 0. The van der Waals surface area contributed by atoms with E-state index >= 15 is 0 Å². The van der Waals surface area contributed by atoms with Gasteiger partial charge in [-0.3, -0.25) is 14.4 Å².